The van der Waals surface area contributed by atoms with Gasteiger partial charge in [0.25, 0.3) is 0 Å². The summed E-state index contributed by atoms with van der Waals surface area (Å²) in [5.41, 5.74) is 3.21. The molecule has 0 unspecified atom stereocenters. The first-order valence-electron chi connectivity index (χ1n) is 12.4. The lowest BCUT2D eigenvalue weighted by atomic mass is 9.98. The number of hydrogen-bond acceptors (Lipinski definition) is 7. The number of nitrogens with zero attached hydrogens (tertiary/aromatic N) is 4. The van der Waals surface area contributed by atoms with Crippen molar-refractivity contribution in [3.8, 4) is 45.7 Å². The standard InChI is InChI=1S/C30H24ClN5O3S/c1-3-36-28(22-16-21(31)14-15-24(22)38-2)34-35-30(36)40-18-25(37)33-29-23(17-32)26(19-10-6-4-7-11-19)27(39-29)20-12-8-5-9-13-20/h4-16H,3,18H2,1-2H3,(H,33,37). The molecule has 0 saturated carbocycles. The van der Waals surface area contributed by atoms with E-state index in [1.165, 1.54) is 11.8 Å². The number of rotatable bonds is 9. The largest absolute Gasteiger partial charge is 0.496 e. The minimum Gasteiger partial charge on any atom is -0.496 e. The first kappa shape index (κ1) is 27.1. The highest BCUT2D eigenvalue weighted by molar-refractivity contribution is 7.99. The molecule has 0 aliphatic carbocycles. The highest BCUT2D eigenvalue weighted by Crippen LogP contribution is 2.41. The number of nitrogens with one attached hydrogen (secondary N) is 1. The molecular formula is C30H24ClN5O3S. The molecule has 0 aliphatic heterocycles. The molecule has 1 N–H and O–H groups in total. The highest BCUT2D eigenvalue weighted by Gasteiger charge is 2.25. The number of aromatic nitrogens is 3. The number of anilines is 1. The average Bonchev–Trinajstić information content (AvgIpc) is 3.57. The van der Waals surface area contributed by atoms with E-state index in [0.29, 0.717) is 45.2 Å². The predicted molar refractivity (Wildman–Crippen MR) is 156 cm³/mol. The van der Waals surface area contributed by atoms with Crippen molar-refractivity contribution in [3.63, 3.8) is 0 Å². The predicted octanol–water partition coefficient (Wildman–Crippen LogP) is 7.16. The van der Waals surface area contributed by atoms with E-state index >= 15 is 0 Å². The third kappa shape index (κ3) is 5.45. The van der Waals surface area contributed by atoms with E-state index in [1.54, 1.807) is 25.3 Å². The van der Waals surface area contributed by atoms with Crippen molar-refractivity contribution in [3.05, 3.63) is 89.4 Å². The summed E-state index contributed by atoms with van der Waals surface area (Å²) >= 11 is 7.45. The zero-order valence-electron chi connectivity index (χ0n) is 21.7. The number of methoxy groups -OCH3 is 1. The monoisotopic (exact) mass is 569 g/mol. The molecular weight excluding hydrogens is 546 g/mol. The van der Waals surface area contributed by atoms with Gasteiger partial charge < -0.3 is 13.7 Å². The van der Waals surface area contributed by atoms with Crippen molar-refractivity contribution in [1.29, 1.82) is 5.26 Å². The van der Waals surface area contributed by atoms with Crippen LogP contribution in [0, 0.1) is 11.3 Å². The Labute approximate surface area is 240 Å². The summed E-state index contributed by atoms with van der Waals surface area (Å²) in [6, 6.07) is 26.5. The second-order valence-electron chi connectivity index (χ2n) is 8.59. The van der Waals surface area contributed by atoms with Crippen LogP contribution in [0.1, 0.15) is 12.5 Å². The fourth-order valence-corrected chi connectivity index (χ4v) is 5.30. The van der Waals surface area contributed by atoms with Gasteiger partial charge in [-0.25, -0.2) is 0 Å². The van der Waals surface area contributed by atoms with Gasteiger partial charge in [0.05, 0.1) is 18.4 Å². The second kappa shape index (κ2) is 12.1. The van der Waals surface area contributed by atoms with Gasteiger partial charge in [-0.05, 0) is 30.7 Å². The van der Waals surface area contributed by atoms with Crippen molar-refractivity contribution in [2.24, 2.45) is 0 Å². The van der Waals surface area contributed by atoms with Crippen LogP contribution in [0.25, 0.3) is 33.8 Å². The summed E-state index contributed by atoms with van der Waals surface area (Å²) in [7, 11) is 1.58. The Bertz CT molecular complexity index is 1690. The van der Waals surface area contributed by atoms with E-state index in [1.807, 2.05) is 72.2 Å². The molecule has 10 heteroatoms. The van der Waals surface area contributed by atoms with Crippen LogP contribution in [0.3, 0.4) is 0 Å². The number of benzene rings is 3. The van der Waals surface area contributed by atoms with E-state index in [4.69, 9.17) is 20.8 Å². The van der Waals surface area contributed by atoms with Crippen LogP contribution in [-0.4, -0.2) is 33.5 Å². The summed E-state index contributed by atoms with van der Waals surface area (Å²) in [5, 5.41) is 22.6. The lowest BCUT2D eigenvalue weighted by molar-refractivity contribution is -0.113. The number of nitriles is 1. The molecule has 5 rings (SSSR count). The number of hydrogen-bond donors (Lipinski definition) is 1. The first-order chi connectivity index (χ1) is 19.5. The topological polar surface area (TPSA) is 106 Å². The number of carbonyl (C=O) groups excluding carboxylic acids is 1. The van der Waals surface area contributed by atoms with E-state index in [9.17, 15) is 10.1 Å². The number of carbonyl (C=O) groups is 1. The number of halogens is 1. The smallest absolute Gasteiger partial charge is 0.237 e. The highest BCUT2D eigenvalue weighted by atomic mass is 35.5. The minimum atomic E-state index is -0.345. The third-order valence-corrected chi connectivity index (χ3v) is 7.34. The van der Waals surface area contributed by atoms with Gasteiger partial charge in [0.2, 0.25) is 11.8 Å². The Kier molecular flexibility index (Phi) is 8.20. The summed E-state index contributed by atoms with van der Waals surface area (Å²) in [6.45, 7) is 2.53. The van der Waals surface area contributed by atoms with Crippen LogP contribution in [0.4, 0.5) is 5.88 Å². The molecule has 8 nitrogen and oxygen atoms in total. The summed E-state index contributed by atoms with van der Waals surface area (Å²) < 4.78 is 13.5. The maximum Gasteiger partial charge on any atom is 0.237 e. The number of ether oxygens (including phenoxy) is 1. The third-order valence-electron chi connectivity index (χ3n) is 6.14. The van der Waals surface area contributed by atoms with Gasteiger partial charge in [0.1, 0.15) is 23.1 Å². The number of amides is 1. The van der Waals surface area contributed by atoms with E-state index in [2.05, 4.69) is 21.6 Å². The second-order valence-corrected chi connectivity index (χ2v) is 9.96. The first-order valence-corrected chi connectivity index (χ1v) is 13.8. The normalized spacial score (nSPS) is 10.8. The molecule has 0 fully saturated rings. The quantitative estimate of drug-likeness (QED) is 0.188. The molecule has 5 aromatic rings. The molecule has 40 heavy (non-hydrogen) atoms. The van der Waals surface area contributed by atoms with Crippen LogP contribution in [0.5, 0.6) is 5.75 Å². The molecule has 0 atom stereocenters. The molecule has 0 aliphatic rings. The molecule has 200 valence electrons. The molecule has 0 bridgehead atoms. The lowest BCUT2D eigenvalue weighted by Gasteiger charge is -2.11. The summed E-state index contributed by atoms with van der Waals surface area (Å²) in [6.07, 6.45) is 0. The van der Waals surface area contributed by atoms with Gasteiger partial charge in [-0.15, -0.1) is 10.2 Å². The van der Waals surface area contributed by atoms with E-state index < -0.39 is 0 Å². The van der Waals surface area contributed by atoms with Crippen LogP contribution in [-0.2, 0) is 11.3 Å². The van der Waals surface area contributed by atoms with Gasteiger partial charge >= 0.3 is 0 Å². The lowest BCUT2D eigenvalue weighted by Crippen LogP contribution is -2.15. The van der Waals surface area contributed by atoms with Gasteiger partial charge in [-0.3, -0.25) is 10.1 Å². The van der Waals surface area contributed by atoms with Gasteiger partial charge in [-0.2, -0.15) is 5.26 Å². The zero-order chi connectivity index (χ0) is 28.1. The molecule has 0 radical (unpaired) electrons. The zero-order valence-corrected chi connectivity index (χ0v) is 23.3. The summed E-state index contributed by atoms with van der Waals surface area (Å²) in [5.74, 6) is 1.50. The van der Waals surface area contributed by atoms with Crippen molar-refractivity contribution in [2.45, 2.75) is 18.6 Å². The Morgan fingerprint density at radius 1 is 1.07 bits per heavy atom. The molecule has 3 aromatic carbocycles. The minimum absolute atomic E-state index is 0.0255. The number of furan rings is 1. The van der Waals surface area contributed by atoms with Crippen LogP contribution in [0.15, 0.2) is 88.4 Å². The Morgan fingerprint density at radius 2 is 1.77 bits per heavy atom. The average molecular weight is 570 g/mol. The Hall–Kier alpha value is -4.52. The van der Waals surface area contributed by atoms with E-state index in [0.717, 1.165) is 11.1 Å². The SMILES string of the molecule is CCn1c(SCC(=O)Nc2oc(-c3ccccc3)c(-c3ccccc3)c2C#N)nnc1-c1cc(Cl)ccc1OC. The Balaban J connectivity index is 1.40. The van der Waals surface area contributed by atoms with E-state index in [-0.39, 0.29) is 23.1 Å². The Morgan fingerprint density at radius 3 is 2.42 bits per heavy atom. The summed E-state index contributed by atoms with van der Waals surface area (Å²) in [4.78, 5) is 13.1. The van der Waals surface area contributed by atoms with Crippen molar-refractivity contribution >= 4 is 35.2 Å². The van der Waals surface area contributed by atoms with Gasteiger partial charge in [0, 0.05) is 22.7 Å². The molecule has 2 heterocycles. The van der Waals surface area contributed by atoms with Crippen LogP contribution < -0.4 is 10.1 Å². The maximum atomic E-state index is 13.1. The van der Waals surface area contributed by atoms with Crippen molar-refractivity contribution < 1.29 is 13.9 Å². The molecule has 0 spiro atoms. The number of thioether (sulfide) groups is 1. The van der Waals surface area contributed by atoms with Crippen LogP contribution in [0.2, 0.25) is 5.02 Å². The fourth-order valence-electron chi connectivity index (χ4n) is 4.33. The molecule has 2 aromatic heterocycles. The van der Waals surface area contributed by atoms with Crippen LogP contribution >= 0.6 is 23.4 Å². The molecule has 0 saturated heterocycles. The molecule has 1 amide bonds. The van der Waals surface area contributed by atoms with Gasteiger partial charge in [-0.1, -0.05) is 84.0 Å². The van der Waals surface area contributed by atoms with Crippen molar-refractivity contribution in [1.82, 2.24) is 14.8 Å². The van der Waals surface area contributed by atoms with Crippen molar-refractivity contribution in [2.75, 3.05) is 18.2 Å². The maximum absolute atomic E-state index is 13.1. The fraction of sp³-hybridized carbons (Fsp3) is 0.133. The van der Waals surface area contributed by atoms with Gasteiger partial charge in [0.15, 0.2) is 11.0 Å².